The fourth-order valence-electron chi connectivity index (χ4n) is 4.31. The van der Waals surface area contributed by atoms with E-state index in [1.807, 2.05) is 18.2 Å². The smallest absolute Gasteiger partial charge is 0.157 e. The number of piperidine rings is 1. The van der Waals surface area contributed by atoms with Crippen LogP contribution in [-0.2, 0) is 6.54 Å². The van der Waals surface area contributed by atoms with Crippen LogP contribution in [0, 0.1) is 5.92 Å². The third kappa shape index (κ3) is 3.17. The number of para-hydroxylation sites is 1. The standard InChI is InChI=1S/C23H23ClN4/c24-22-20-21(18-8-4-5-9-19(18)26-22)28(15-12-16-10-13-25-14-11-16)23(27-20)17-6-2-1-3-7-17/h1-9,16,25H,10-15H2. The molecule has 1 N–H and O–H groups in total. The van der Waals surface area contributed by atoms with Crippen LogP contribution >= 0.6 is 11.6 Å². The van der Waals surface area contributed by atoms with E-state index in [0.29, 0.717) is 5.15 Å². The van der Waals surface area contributed by atoms with Gasteiger partial charge in [0.15, 0.2) is 5.15 Å². The van der Waals surface area contributed by atoms with Crippen molar-refractivity contribution >= 4 is 33.5 Å². The van der Waals surface area contributed by atoms with Crippen molar-refractivity contribution in [3.63, 3.8) is 0 Å². The summed E-state index contributed by atoms with van der Waals surface area (Å²) >= 11 is 6.56. The van der Waals surface area contributed by atoms with Gasteiger partial charge in [-0.05, 0) is 44.3 Å². The predicted octanol–water partition coefficient (Wildman–Crippen LogP) is 5.29. The van der Waals surface area contributed by atoms with Gasteiger partial charge in [-0.15, -0.1) is 0 Å². The maximum atomic E-state index is 6.56. The molecule has 3 heterocycles. The van der Waals surface area contributed by atoms with Crippen molar-refractivity contribution in [2.75, 3.05) is 13.1 Å². The van der Waals surface area contributed by atoms with Crippen molar-refractivity contribution in [3.8, 4) is 11.4 Å². The molecule has 4 nitrogen and oxygen atoms in total. The van der Waals surface area contributed by atoms with Crippen molar-refractivity contribution < 1.29 is 0 Å². The molecule has 5 heteroatoms. The second kappa shape index (κ2) is 7.53. The Morgan fingerprint density at radius 2 is 1.71 bits per heavy atom. The number of fused-ring (bicyclic) bond motifs is 3. The highest BCUT2D eigenvalue weighted by molar-refractivity contribution is 6.35. The minimum atomic E-state index is 0.478. The van der Waals surface area contributed by atoms with Crippen molar-refractivity contribution in [1.29, 1.82) is 0 Å². The van der Waals surface area contributed by atoms with Crippen molar-refractivity contribution in [2.24, 2.45) is 5.92 Å². The summed E-state index contributed by atoms with van der Waals surface area (Å²) in [4.78, 5) is 9.54. The van der Waals surface area contributed by atoms with Crippen LogP contribution in [-0.4, -0.2) is 27.6 Å². The molecule has 0 unspecified atom stereocenters. The Morgan fingerprint density at radius 1 is 0.964 bits per heavy atom. The summed E-state index contributed by atoms with van der Waals surface area (Å²) in [5, 5.41) is 5.05. The lowest BCUT2D eigenvalue weighted by Crippen LogP contribution is -2.28. The molecule has 2 aromatic heterocycles. The summed E-state index contributed by atoms with van der Waals surface area (Å²) in [6.45, 7) is 3.19. The minimum Gasteiger partial charge on any atom is -0.323 e. The topological polar surface area (TPSA) is 42.7 Å². The fourth-order valence-corrected chi connectivity index (χ4v) is 4.53. The van der Waals surface area contributed by atoms with Gasteiger partial charge in [0.25, 0.3) is 0 Å². The molecule has 0 bridgehead atoms. The molecular formula is C23H23ClN4. The summed E-state index contributed by atoms with van der Waals surface area (Å²) < 4.78 is 2.36. The molecule has 0 radical (unpaired) electrons. The molecule has 28 heavy (non-hydrogen) atoms. The molecule has 4 aromatic rings. The number of benzene rings is 2. The van der Waals surface area contributed by atoms with Crippen molar-refractivity contribution in [2.45, 2.75) is 25.8 Å². The van der Waals surface area contributed by atoms with Crippen LogP contribution in [0.3, 0.4) is 0 Å². The summed E-state index contributed by atoms with van der Waals surface area (Å²) in [5.41, 5.74) is 3.93. The number of aromatic nitrogens is 3. The highest BCUT2D eigenvalue weighted by atomic mass is 35.5. The summed E-state index contributed by atoms with van der Waals surface area (Å²) in [7, 11) is 0. The zero-order valence-corrected chi connectivity index (χ0v) is 16.5. The molecule has 1 aliphatic rings. The predicted molar refractivity (Wildman–Crippen MR) is 116 cm³/mol. The Kier molecular flexibility index (Phi) is 4.75. The zero-order chi connectivity index (χ0) is 18.9. The molecule has 0 atom stereocenters. The number of aryl methyl sites for hydroxylation is 1. The number of halogens is 1. The van der Waals surface area contributed by atoms with Gasteiger partial charge in [0.2, 0.25) is 0 Å². The Hall–Kier alpha value is -2.43. The monoisotopic (exact) mass is 390 g/mol. The molecule has 0 aliphatic carbocycles. The van der Waals surface area contributed by atoms with Gasteiger partial charge in [0, 0.05) is 17.5 Å². The van der Waals surface area contributed by atoms with Gasteiger partial charge in [-0.2, -0.15) is 0 Å². The maximum absolute atomic E-state index is 6.56. The van der Waals surface area contributed by atoms with E-state index < -0.39 is 0 Å². The summed E-state index contributed by atoms with van der Waals surface area (Å²) in [6, 6.07) is 18.6. The van der Waals surface area contributed by atoms with E-state index in [0.717, 1.165) is 65.3 Å². The van der Waals surface area contributed by atoms with E-state index in [2.05, 4.69) is 51.3 Å². The summed E-state index contributed by atoms with van der Waals surface area (Å²) in [5.74, 6) is 1.73. The lowest BCUT2D eigenvalue weighted by atomic mass is 9.94. The first-order chi connectivity index (χ1) is 13.8. The van der Waals surface area contributed by atoms with Crippen molar-refractivity contribution in [3.05, 3.63) is 59.8 Å². The van der Waals surface area contributed by atoms with Crippen LogP contribution in [0.25, 0.3) is 33.3 Å². The van der Waals surface area contributed by atoms with E-state index in [9.17, 15) is 0 Å². The van der Waals surface area contributed by atoms with E-state index in [4.69, 9.17) is 16.6 Å². The number of hydrogen-bond donors (Lipinski definition) is 1. The molecule has 1 aliphatic heterocycles. The molecule has 1 saturated heterocycles. The van der Waals surface area contributed by atoms with Crippen LogP contribution in [0.5, 0.6) is 0 Å². The van der Waals surface area contributed by atoms with Gasteiger partial charge < -0.3 is 9.88 Å². The largest absolute Gasteiger partial charge is 0.323 e. The van der Waals surface area contributed by atoms with Crippen LogP contribution in [0.4, 0.5) is 0 Å². The van der Waals surface area contributed by atoms with E-state index in [1.165, 1.54) is 12.8 Å². The van der Waals surface area contributed by atoms with Gasteiger partial charge in [-0.25, -0.2) is 9.97 Å². The normalized spacial score (nSPS) is 15.5. The third-order valence-corrected chi connectivity index (χ3v) is 6.06. The lowest BCUT2D eigenvalue weighted by molar-refractivity contribution is 0.340. The average molecular weight is 391 g/mol. The van der Waals surface area contributed by atoms with Crippen LogP contribution in [0.15, 0.2) is 54.6 Å². The number of pyridine rings is 1. The molecule has 5 rings (SSSR count). The van der Waals surface area contributed by atoms with E-state index in [1.54, 1.807) is 0 Å². The summed E-state index contributed by atoms with van der Waals surface area (Å²) in [6.07, 6.45) is 3.65. The van der Waals surface area contributed by atoms with E-state index in [-0.39, 0.29) is 0 Å². The van der Waals surface area contributed by atoms with Gasteiger partial charge >= 0.3 is 0 Å². The molecule has 142 valence electrons. The minimum absolute atomic E-state index is 0.478. The Labute approximate surface area is 169 Å². The second-order valence-electron chi connectivity index (χ2n) is 7.55. The number of nitrogens with zero attached hydrogens (tertiary/aromatic N) is 3. The first-order valence-corrected chi connectivity index (χ1v) is 10.4. The average Bonchev–Trinajstić information content (AvgIpc) is 3.14. The number of nitrogens with one attached hydrogen (secondary N) is 1. The Bertz CT molecular complexity index is 1110. The highest BCUT2D eigenvalue weighted by Gasteiger charge is 2.20. The Morgan fingerprint density at radius 3 is 2.54 bits per heavy atom. The third-order valence-electron chi connectivity index (χ3n) is 5.79. The Balaban J connectivity index is 1.69. The zero-order valence-electron chi connectivity index (χ0n) is 15.7. The molecule has 1 fully saturated rings. The number of hydrogen-bond acceptors (Lipinski definition) is 3. The van der Waals surface area contributed by atoms with Crippen molar-refractivity contribution in [1.82, 2.24) is 19.9 Å². The first kappa shape index (κ1) is 17.7. The van der Waals surface area contributed by atoms with Gasteiger partial charge in [-0.3, -0.25) is 0 Å². The SMILES string of the molecule is Clc1nc2ccccc2c2c1nc(-c1ccccc1)n2CCC1CCNCC1. The fraction of sp³-hybridized carbons (Fsp3) is 0.304. The van der Waals surface area contributed by atoms with Gasteiger partial charge in [0.05, 0.1) is 11.0 Å². The van der Waals surface area contributed by atoms with E-state index >= 15 is 0 Å². The number of imidazole rings is 1. The number of rotatable bonds is 4. The van der Waals surface area contributed by atoms with Gasteiger partial charge in [0.1, 0.15) is 11.3 Å². The van der Waals surface area contributed by atoms with Gasteiger partial charge in [-0.1, -0.05) is 60.1 Å². The molecule has 0 spiro atoms. The molecule has 2 aromatic carbocycles. The molecule has 0 saturated carbocycles. The quantitative estimate of drug-likeness (QED) is 0.481. The maximum Gasteiger partial charge on any atom is 0.157 e. The highest BCUT2D eigenvalue weighted by Crippen LogP contribution is 2.34. The molecular weight excluding hydrogens is 368 g/mol. The molecule has 0 amide bonds. The first-order valence-electron chi connectivity index (χ1n) is 10.0. The lowest BCUT2D eigenvalue weighted by Gasteiger charge is -2.23. The van der Waals surface area contributed by atoms with Crippen LogP contribution < -0.4 is 5.32 Å². The van der Waals surface area contributed by atoms with Crippen LogP contribution in [0.1, 0.15) is 19.3 Å². The van der Waals surface area contributed by atoms with Crippen LogP contribution in [0.2, 0.25) is 5.15 Å². The second-order valence-corrected chi connectivity index (χ2v) is 7.91.